The van der Waals surface area contributed by atoms with Crippen LogP contribution >= 0.6 is 0 Å². The second kappa shape index (κ2) is 8.06. The van der Waals surface area contributed by atoms with Gasteiger partial charge in [0.25, 0.3) is 0 Å². The zero-order valence-electron chi connectivity index (χ0n) is 15.9. The van der Waals surface area contributed by atoms with Crippen LogP contribution in [0.3, 0.4) is 0 Å². The summed E-state index contributed by atoms with van der Waals surface area (Å²) in [7, 11) is 1.59. The van der Waals surface area contributed by atoms with E-state index in [9.17, 15) is 9.90 Å². The lowest BCUT2D eigenvalue weighted by Crippen LogP contribution is -2.42. The Bertz CT molecular complexity index is 610. The van der Waals surface area contributed by atoms with E-state index in [2.05, 4.69) is 26.1 Å². The van der Waals surface area contributed by atoms with Crippen LogP contribution in [-0.2, 0) is 17.8 Å². The van der Waals surface area contributed by atoms with Crippen LogP contribution < -0.4 is 14.8 Å². The SMILES string of the molecule is COc1cc2c(cc1OCC(O)CNC(C)(C)C)CCN(C(C)=O)C2. The van der Waals surface area contributed by atoms with Crippen molar-refractivity contribution < 1.29 is 19.4 Å². The Balaban J connectivity index is 2.03. The molecule has 0 saturated heterocycles. The molecular formula is C19H30N2O4. The van der Waals surface area contributed by atoms with Crippen molar-refractivity contribution in [3.05, 3.63) is 23.3 Å². The van der Waals surface area contributed by atoms with Gasteiger partial charge in [0, 0.05) is 32.1 Å². The van der Waals surface area contributed by atoms with Crippen LogP contribution in [0.15, 0.2) is 12.1 Å². The van der Waals surface area contributed by atoms with Gasteiger partial charge in [0.2, 0.25) is 5.91 Å². The van der Waals surface area contributed by atoms with Crippen molar-refractivity contribution >= 4 is 5.91 Å². The second-order valence-corrected chi connectivity index (χ2v) is 7.56. The number of carbonyl (C=O) groups excluding carboxylic acids is 1. The number of benzene rings is 1. The number of hydrogen-bond donors (Lipinski definition) is 2. The molecule has 1 heterocycles. The molecule has 0 aromatic heterocycles. The van der Waals surface area contributed by atoms with Crippen LogP contribution in [0.4, 0.5) is 0 Å². The molecule has 6 heteroatoms. The molecule has 6 nitrogen and oxygen atoms in total. The number of methoxy groups -OCH3 is 1. The Morgan fingerprint density at radius 2 is 2.00 bits per heavy atom. The lowest BCUT2D eigenvalue weighted by molar-refractivity contribution is -0.129. The third-order valence-electron chi connectivity index (χ3n) is 4.24. The highest BCUT2D eigenvalue weighted by atomic mass is 16.5. The third-order valence-corrected chi connectivity index (χ3v) is 4.24. The highest BCUT2D eigenvalue weighted by molar-refractivity contribution is 5.73. The highest BCUT2D eigenvalue weighted by Crippen LogP contribution is 2.33. The molecule has 0 saturated carbocycles. The monoisotopic (exact) mass is 350 g/mol. The first-order valence-electron chi connectivity index (χ1n) is 8.71. The molecular weight excluding hydrogens is 320 g/mol. The van der Waals surface area contributed by atoms with Crippen molar-refractivity contribution in [1.82, 2.24) is 10.2 Å². The maximum absolute atomic E-state index is 11.6. The summed E-state index contributed by atoms with van der Waals surface area (Å²) in [5, 5.41) is 13.4. The van der Waals surface area contributed by atoms with Crippen molar-refractivity contribution in [2.45, 2.75) is 52.3 Å². The summed E-state index contributed by atoms with van der Waals surface area (Å²) < 4.78 is 11.2. The molecule has 0 bridgehead atoms. The molecule has 0 aliphatic carbocycles. The predicted octanol–water partition coefficient (Wildman–Crippen LogP) is 1.73. The Labute approximate surface area is 150 Å². The molecule has 1 amide bonds. The summed E-state index contributed by atoms with van der Waals surface area (Å²) in [5.41, 5.74) is 2.20. The van der Waals surface area contributed by atoms with E-state index in [1.54, 1.807) is 14.0 Å². The number of rotatable bonds is 6. The van der Waals surface area contributed by atoms with E-state index < -0.39 is 6.10 Å². The van der Waals surface area contributed by atoms with Gasteiger partial charge in [-0.2, -0.15) is 0 Å². The summed E-state index contributed by atoms with van der Waals surface area (Å²) >= 11 is 0. The minimum atomic E-state index is -0.604. The van der Waals surface area contributed by atoms with E-state index in [1.807, 2.05) is 17.0 Å². The fraction of sp³-hybridized carbons (Fsp3) is 0.632. The van der Waals surface area contributed by atoms with Crippen LogP contribution in [0.25, 0.3) is 0 Å². The highest BCUT2D eigenvalue weighted by Gasteiger charge is 2.21. The van der Waals surface area contributed by atoms with Crippen molar-refractivity contribution in [2.75, 3.05) is 26.8 Å². The van der Waals surface area contributed by atoms with E-state index in [1.165, 1.54) is 0 Å². The average Bonchev–Trinajstić information content (AvgIpc) is 2.55. The van der Waals surface area contributed by atoms with Crippen molar-refractivity contribution in [3.8, 4) is 11.5 Å². The first kappa shape index (κ1) is 19.5. The van der Waals surface area contributed by atoms with E-state index in [-0.39, 0.29) is 18.1 Å². The van der Waals surface area contributed by atoms with Gasteiger partial charge in [0.15, 0.2) is 11.5 Å². The van der Waals surface area contributed by atoms with Crippen molar-refractivity contribution in [2.24, 2.45) is 0 Å². The Kier molecular flexibility index (Phi) is 6.30. The molecule has 2 N–H and O–H groups in total. The van der Waals surface area contributed by atoms with Gasteiger partial charge in [-0.3, -0.25) is 4.79 Å². The maximum atomic E-state index is 11.6. The lowest BCUT2D eigenvalue weighted by Gasteiger charge is -2.29. The van der Waals surface area contributed by atoms with Crippen molar-refractivity contribution in [3.63, 3.8) is 0 Å². The molecule has 1 aliphatic heterocycles. The van der Waals surface area contributed by atoms with Gasteiger partial charge >= 0.3 is 0 Å². The Morgan fingerprint density at radius 3 is 2.60 bits per heavy atom. The summed E-state index contributed by atoms with van der Waals surface area (Å²) in [6, 6.07) is 3.90. The van der Waals surface area contributed by atoms with Gasteiger partial charge in [-0.25, -0.2) is 0 Å². The number of nitrogens with zero attached hydrogens (tertiary/aromatic N) is 1. The Morgan fingerprint density at radius 1 is 1.32 bits per heavy atom. The number of β-amino-alcohol motifs (C(OH)–C–C–N with tert-alkyl or cyclic N) is 1. The van der Waals surface area contributed by atoms with Crippen LogP contribution in [-0.4, -0.2) is 54.4 Å². The molecule has 1 aromatic rings. The van der Waals surface area contributed by atoms with Crippen LogP contribution in [0, 0.1) is 0 Å². The van der Waals surface area contributed by atoms with Gasteiger partial charge < -0.3 is 24.8 Å². The number of fused-ring (bicyclic) bond motifs is 1. The number of aliphatic hydroxyl groups excluding tert-OH is 1. The van der Waals surface area contributed by atoms with Gasteiger partial charge in [-0.05, 0) is 50.5 Å². The topological polar surface area (TPSA) is 71.0 Å². The first-order chi connectivity index (χ1) is 11.7. The number of amides is 1. The van der Waals surface area contributed by atoms with Crippen LogP contribution in [0.5, 0.6) is 11.5 Å². The quantitative estimate of drug-likeness (QED) is 0.818. The van der Waals surface area contributed by atoms with Gasteiger partial charge in [0.05, 0.1) is 7.11 Å². The van der Waals surface area contributed by atoms with Gasteiger partial charge in [-0.1, -0.05) is 0 Å². The summed E-state index contributed by atoms with van der Waals surface area (Å²) in [6.45, 7) is 9.72. The minimum absolute atomic E-state index is 0.0485. The fourth-order valence-electron chi connectivity index (χ4n) is 2.77. The normalized spacial score (nSPS) is 15.5. The average molecular weight is 350 g/mol. The molecule has 2 rings (SSSR count). The molecule has 1 aliphatic rings. The molecule has 25 heavy (non-hydrogen) atoms. The zero-order valence-corrected chi connectivity index (χ0v) is 15.9. The smallest absolute Gasteiger partial charge is 0.219 e. The summed E-state index contributed by atoms with van der Waals surface area (Å²) in [4.78, 5) is 13.4. The number of nitrogens with one attached hydrogen (secondary N) is 1. The maximum Gasteiger partial charge on any atom is 0.219 e. The van der Waals surface area contributed by atoms with E-state index >= 15 is 0 Å². The lowest BCUT2D eigenvalue weighted by atomic mass is 9.99. The van der Waals surface area contributed by atoms with Crippen molar-refractivity contribution in [1.29, 1.82) is 0 Å². The van der Waals surface area contributed by atoms with Gasteiger partial charge in [0.1, 0.15) is 12.7 Å². The second-order valence-electron chi connectivity index (χ2n) is 7.56. The van der Waals surface area contributed by atoms with E-state index in [4.69, 9.17) is 9.47 Å². The zero-order chi connectivity index (χ0) is 18.6. The summed E-state index contributed by atoms with van der Waals surface area (Å²) in [6.07, 6.45) is 0.191. The third kappa shape index (κ3) is 5.61. The number of ether oxygens (including phenoxy) is 2. The Hall–Kier alpha value is -1.79. The van der Waals surface area contributed by atoms with E-state index in [0.717, 1.165) is 17.5 Å². The first-order valence-corrected chi connectivity index (χ1v) is 8.71. The molecule has 1 unspecified atom stereocenters. The minimum Gasteiger partial charge on any atom is -0.493 e. The summed E-state index contributed by atoms with van der Waals surface area (Å²) in [5.74, 6) is 1.34. The number of carbonyl (C=O) groups is 1. The van der Waals surface area contributed by atoms with Crippen LogP contribution in [0.2, 0.25) is 0 Å². The molecule has 140 valence electrons. The van der Waals surface area contributed by atoms with Gasteiger partial charge in [-0.15, -0.1) is 0 Å². The predicted molar refractivity (Wildman–Crippen MR) is 97.0 cm³/mol. The molecule has 0 spiro atoms. The number of hydrogen-bond acceptors (Lipinski definition) is 5. The standard InChI is InChI=1S/C19H30N2O4/c1-13(22)21-7-6-14-8-18(17(24-5)9-15(14)11-21)25-12-16(23)10-20-19(2,3)4/h8-9,16,20,23H,6-7,10-12H2,1-5H3. The fourth-order valence-corrected chi connectivity index (χ4v) is 2.77. The molecule has 0 fully saturated rings. The van der Waals surface area contributed by atoms with E-state index in [0.29, 0.717) is 31.1 Å². The van der Waals surface area contributed by atoms with Crippen LogP contribution in [0.1, 0.15) is 38.8 Å². The largest absolute Gasteiger partial charge is 0.493 e. The molecule has 1 atom stereocenters. The molecule has 0 radical (unpaired) electrons. The number of aliphatic hydroxyl groups is 1. The molecule has 1 aromatic carbocycles.